The molecule has 160 valence electrons. The van der Waals surface area contributed by atoms with Gasteiger partial charge in [-0.1, -0.05) is 24.3 Å². The van der Waals surface area contributed by atoms with Crippen LogP contribution in [0.2, 0.25) is 0 Å². The van der Waals surface area contributed by atoms with Crippen molar-refractivity contribution in [1.82, 2.24) is 10.2 Å². The molecule has 30 heavy (non-hydrogen) atoms. The third kappa shape index (κ3) is 5.64. The molecule has 0 saturated carbocycles. The molecule has 4 rings (SSSR count). The summed E-state index contributed by atoms with van der Waals surface area (Å²) in [6.07, 6.45) is 0.895. The van der Waals surface area contributed by atoms with Crippen LogP contribution >= 0.6 is 0 Å². The molecule has 0 amide bonds. The Kier molecular flexibility index (Phi) is 7.05. The van der Waals surface area contributed by atoms with E-state index in [0.717, 1.165) is 56.5 Å². The molecule has 2 N–H and O–H groups in total. The first-order valence-electron chi connectivity index (χ1n) is 10.6. The molecule has 0 bridgehead atoms. The predicted molar refractivity (Wildman–Crippen MR) is 118 cm³/mol. The number of hydrogen-bond acceptors (Lipinski definition) is 5. The Balaban J connectivity index is 1.29. The van der Waals surface area contributed by atoms with Crippen LogP contribution in [0.3, 0.4) is 0 Å². The zero-order chi connectivity index (χ0) is 20.6. The highest BCUT2D eigenvalue weighted by Gasteiger charge is 2.12. The van der Waals surface area contributed by atoms with Crippen LogP contribution in [0, 0.1) is 0 Å². The third-order valence-corrected chi connectivity index (χ3v) is 5.23. The smallest absolute Gasteiger partial charge is 0.195 e. The average molecular weight is 411 g/mol. The molecule has 2 aliphatic heterocycles. The topological polar surface area (TPSA) is 67.4 Å². The Bertz CT molecular complexity index is 848. The van der Waals surface area contributed by atoms with E-state index in [4.69, 9.17) is 14.2 Å². The van der Waals surface area contributed by atoms with Crippen LogP contribution in [-0.4, -0.2) is 57.4 Å². The van der Waals surface area contributed by atoms with Crippen LogP contribution in [0.5, 0.6) is 11.5 Å². The highest BCUT2D eigenvalue weighted by Crippen LogP contribution is 2.32. The van der Waals surface area contributed by atoms with Crippen LogP contribution < -0.4 is 20.1 Å². The maximum Gasteiger partial charge on any atom is 0.195 e. The van der Waals surface area contributed by atoms with Crippen LogP contribution in [0.25, 0.3) is 0 Å². The number of ether oxygens (including phenoxy) is 3. The Labute approximate surface area is 178 Å². The standard InChI is InChI=1S/C23H30N4O3/c1-24-23(26-20-7-8-21-22(15-20)30-12-2-11-29-21)25-16-18-3-5-19(6-4-18)17-27-9-13-28-14-10-27/h3-8,15H,2,9-14,16-17H2,1H3,(H2,24,25,26). The van der Waals surface area contributed by atoms with E-state index in [1.165, 1.54) is 11.1 Å². The van der Waals surface area contributed by atoms with E-state index in [2.05, 4.69) is 44.8 Å². The molecule has 0 radical (unpaired) electrons. The second kappa shape index (κ2) is 10.3. The van der Waals surface area contributed by atoms with Crippen LogP contribution in [0.15, 0.2) is 47.5 Å². The van der Waals surface area contributed by atoms with Gasteiger partial charge in [0.1, 0.15) is 0 Å². The first-order chi connectivity index (χ1) is 14.8. The van der Waals surface area contributed by atoms with E-state index in [0.29, 0.717) is 25.7 Å². The minimum absolute atomic E-state index is 0.672. The Morgan fingerprint density at radius 2 is 1.67 bits per heavy atom. The summed E-state index contributed by atoms with van der Waals surface area (Å²) in [5.74, 6) is 2.27. The van der Waals surface area contributed by atoms with E-state index in [1.54, 1.807) is 7.05 Å². The van der Waals surface area contributed by atoms with E-state index in [-0.39, 0.29) is 0 Å². The number of benzene rings is 2. The molecule has 0 unspecified atom stereocenters. The minimum atomic E-state index is 0.672. The lowest BCUT2D eigenvalue weighted by Crippen LogP contribution is -2.35. The van der Waals surface area contributed by atoms with E-state index in [9.17, 15) is 0 Å². The van der Waals surface area contributed by atoms with Crippen molar-refractivity contribution >= 4 is 11.6 Å². The summed E-state index contributed by atoms with van der Waals surface area (Å²) >= 11 is 0. The lowest BCUT2D eigenvalue weighted by Gasteiger charge is -2.26. The maximum atomic E-state index is 5.76. The third-order valence-electron chi connectivity index (χ3n) is 5.23. The monoisotopic (exact) mass is 410 g/mol. The van der Waals surface area contributed by atoms with E-state index >= 15 is 0 Å². The van der Waals surface area contributed by atoms with Crippen molar-refractivity contribution in [1.29, 1.82) is 0 Å². The first-order valence-corrected chi connectivity index (χ1v) is 10.6. The molecular weight excluding hydrogens is 380 g/mol. The molecule has 2 aromatic carbocycles. The Morgan fingerprint density at radius 1 is 0.933 bits per heavy atom. The molecule has 0 aromatic heterocycles. The van der Waals surface area contributed by atoms with Crippen LogP contribution in [-0.2, 0) is 17.8 Å². The van der Waals surface area contributed by atoms with Crippen molar-refractivity contribution in [3.63, 3.8) is 0 Å². The highest BCUT2D eigenvalue weighted by atomic mass is 16.5. The minimum Gasteiger partial charge on any atom is -0.490 e. The van der Waals surface area contributed by atoms with Gasteiger partial charge in [0.05, 0.1) is 26.4 Å². The summed E-state index contributed by atoms with van der Waals surface area (Å²) in [4.78, 5) is 6.76. The summed E-state index contributed by atoms with van der Waals surface area (Å²) in [6, 6.07) is 14.6. The zero-order valence-electron chi connectivity index (χ0n) is 17.5. The van der Waals surface area contributed by atoms with Gasteiger partial charge in [0, 0.05) is 51.4 Å². The fraction of sp³-hybridized carbons (Fsp3) is 0.435. The fourth-order valence-corrected chi connectivity index (χ4v) is 3.52. The lowest BCUT2D eigenvalue weighted by molar-refractivity contribution is 0.0342. The van der Waals surface area contributed by atoms with Crippen LogP contribution in [0.1, 0.15) is 17.5 Å². The number of anilines is 1. The van der Waals surface area contributed by atoms with Gasteiger partial charge >= 0.3 is 0 Å². The molecule has 7 heteroatoms. The number of fused-ring (bicyclic) bond motifs is 1. The lowest BCUT2D eigenvalue weighted by atomic mass is 10.1. The van der Waals surface area contributed by atoms with Crippen molar-refractivity contribution in [2.75, 3.05) is 51.9 Å². The molecule has 2 aliphatic rings. The van der Waals surface area contributed by atoms with Gasteiger partial charge in [-0.25, -0.2) is 0 Å². The number of aliphatic imine (C=N–C) groups is 1. The van der Waals surface area contributed by atoms with Crippen molar-refractivity contribution < 1.29 is 14.2 Å². The van der Waals surface area contributed by atoms with Gasteiger partial charge in [0.25, 0.3) is 0 Å². The Hall–Kier alpha value is -2.77. The largest absolute Gasteiger partial charge is 0.490 e. The van der Waals surface area contributed by atoms with Crippen molar-refractivity contribution in [2.45, 2.75) is 19.5 Å². The average Bonchev–Trinajstić information content (AvgIpc) is 3.03. The SMILES string of the molecule is CN=C(NCc1ccc(CN2CCOCC2)cc1)Nc1ccc2c(c1)OCCCO2. The molecule has 1 saturated heterocycles. The first kappa shape index (κ1) is 20.5. The van der Waals surface area contributed by atoms with Gasteiger partial charge in [-0.05, 0) is 23.3 Å². The van der Waals surface area contributed by atoms with Gasteiger partial charge in [0.15, 0.2) is 17.5 Å². The molecule has 2 aromatic rings. The summed E-state index contributed by atoms with van der Waals surface area (Å²) in [6.45, 7) is 6.71. The van der Waals surface area contributed by atoms with Gasteiger partial charge in [-0.15, -0.1) is 0 Å². The number of nitrogens with zero attached hydrogens (tertiary/aromatic N) is 2. The summed E-state index contributed by atoms with van der Waals surface area (Å²) in [5.41, 5.74) is 3.45. The second-order valence-corrected chi connectivity index (χ2v) is 7.47. The number of rotatable bonds is 5. The van der Waals surface area contributed by atoms with Crippen molar-refractivity contribution in [3.05, 3.63) is 53.6 Å². The molecule has 0 aliphatic carbocycles. The molecule has 1 fully saturated rings. The highest BCUT2D eigenvalue weighted by molar-refractivity contribution is 5.93. The second-order valence-electron chi connectivity index (χ2n) is 7.47. The molecular formula is C23H30N4O3. The van der Waals surface area contributed by atoms with Gasteiger partial charge in [-0.3, -0.25) is 9.89 Å². The number of nitrogens with one attached hydrogen (secondary N) is 2. The van der Waals surface area contributed by atoms with Crippen LogP contribution in [0.4, 0.5) is 5.69 Å². The molecule has 2 heterocycles. The summed E-state index contributed by atoms with van der Waals surface area (Å²) < 4.78 is 16.9. The fourth-order valence-electron chi connectivity index (χ4n) is 3.52. The van der Waals surface area contributed by atoms with E-state index in [1.807, 2.05) is 18.2 Å². The molecule has 0 spiro atoms. The zero-order valence-corrected chi connectivity index (χ0v) is 17.5. The Morgan fingerprint density at radius 3 is 2.43 bits per heavy atom. The van der Waals surface area contributed by atoms with E-state index < -0.39 is 0 Å². The van der Waals surface area contributed by atoms with Gasteiger partial charge < -0.3 is 24.8 Å². The quantitative estimate of drug-likeness (QED) is 0.584. The number of morpholine rings is 1. The number of guanidine groups is 1. The number of hydrogen-bond donors (Lipinski definition) is 2. The molecule has 0 atom stereocenters. The van der Waals surface area contributed by atoms with Gasteiger partial charge in [0.2, 0.25) is 0 Å². The molecule has 7 nitrogen and oxygen atoms in total. The summed E-state index contributed by atoms with van der Waals surface area (Å²) in [7, 11) is 1.77. The van der Waals surface area contributed by atoms with Crippen molar-refractivity contribution in [2.24, 2.45) is 4.99 Å². The van der Waals surface area contributed by atoms with Gasteiger partial charge in [-0.2, -0.15) is 0 Å². The normalized spacial score (nSPS) is 17.3. The maximum absolute atomic E-state index is 5.76. The van der Waals surface area contributed by atoms with Crippen molar-refractivity contribution in [3.8, 4) is 11.5 Å². The predicted octanol–water partition coefficient (Wildman–Crippen LogP) is 2.87. The summed E-state index contributed by atoms with van der Waals surface area (Å²) in [5, 5.41) is 6.69.